The van der Waals surface area contributed by atoms with E-state index in [1.807, 2.05) is 18.2 Å². The van der Waals surface area contributed by atoms with Gasteiger partial charge in [-0.1, -0.05) is 30.5 Å². The molecule has 98 valence electrons. The third-order valence-electron chi connectivity index (χ3n) is 3.63. The van der Waals surface area contributed by atoms with E-state index in [4.69, 9.17) is 16.3 Å². The molecule has 1 aliphatic carbocycles. The van der Waals surface area contributed by atoms with Crippen LogP contribution in [0.25, 0.3) is 0 Å². The number of halogens is 2. The molecule has 0 saturated heterocycles. The highest BCUT2D eigenvalue weighted by Crippen LogP contribution is 2.39. The first-order chi connectivity index (χ1) is 8.63. The van der Waals surface area contributed by atoms with Crippen LogP contribution in [0.15, 0.2) is 22.7 Å². The van der Waals surface area contributed by atoms with Gasteiger partial charge in [-0.25, -0.2) is 0 Å². The van der Waals surface area contributed by atoms with Crippen molar-refractivity contribution < 1.29 is 9.53 Å². The van der Waals surface area contributed by atoms with Gasteiger partial charge < -0.3 is 4.74 Å². The Balaban J connectivity index is 2.32. The zero-order chi connectivity index (χ0) is 13.1. The summed E-state index contributed by atoms with van der Waals surface area (Å²) in [5.41, 5.74) is 0.960. The first-order valence-corrected chi connectivity index (χ1v) is 7.33. The molecule has 0 spiro atoms. The van der Waals surface area contributed by atoms with Crippen molar-refractivity contribution in [3.63, 3.8) is 0 Å². The highest BCUT2D eigenvalue weighted by molar-refractivity contribution is 9.10. The minimum absolute atomic E-state index is 0.153. The molecule has 1 fully saturated rings. The quantitative estimate of drug-likeness (QED) is 0.760. The molecular weight excluding hydrogens is 316 g/mol. The van der Waals surface area contributed by atoms with Crippen LogP contribution in [0, 0.1) is 5.92 Å². The molecule has 0 bridgehead atoms. The van der Waals surface area contributed by atoms with E-state index in [-0.39, 0.29) is 11.9 Å². The van der Waals surface area contributed by atoms with Crippen LogP contribution >= 0.6 is 27.5 Å². The number of rotatable bonds is 3. The van der Waals surface area contributed by atoms with Gasteiger partial charge in [0.15, 0.2) is 0 Å². The second-order valence-electron chi connectivity index (χ2n) is 4.72. The molecule has 1 saturated carbocycles. The van der Waals surface area contributed by atoms with E-state index in [9.17, 15) is 4.79 Å². The number of hydrogen-bond acceptors (Lipinski definition) is 2. The molecule has 2 nitrogen and oxygen atoms in total. The Bertz CT molecular complexity index is 441. The lowest BCUT2D eigenvalue weighted by Crippen LogP contribution is -2.21. The molecule has 1 atom stereocenters. The second kappa shape index (κ2) is 6.07. The van der Waals surface area contributed by atoms with Gasteiger partial charge in [-0.15, -0.1) is 0 Å². The fraction of sp³-hybridized carbons (Fsp3) is 0.500. The van der Waals surface area contributed by atoms with Crippen molar-refractivity contribution in [2.75, 3.05) is 7.11 Å². The summed E-state index contributed by atoms with van der Waals surface area (Å²) >= 11 is 9.48. The number of ether oxygens (including phenoxy) is 1. The van der Waals surface area contributed by atoms with Crippen LogP contribution in [0.5, 0.6) is 0 Å². The largest absolute Gasteiger partial charge is 0.469 e. The molecule has 1 aromatic rings. The highest BCUT2D eigenvalue weighted by atomic mass is 79.9. The van der Waals surface area contributed by atoms with E-state index in [1.54, 1.807) is 0 Å². The Labute approximate surface area is 121 Å². The van der Waals surface area contributed by atoms with E-state index < -0.39 is 0 Å². The molecule has 0 radical (unpaired) electrons. The summed E-state index contributed by atoms with van der Waals surface area (Å²) in [6.45, 7) is 0. The molecule has 4 heteroatoms. The van der Waals surface area contributed by atoms with Crippen molar-refractivity contribution in [2.24, 2.45) is 5.92 Å². The molecule has 0 heterocycles. The van der Waals surface area contributed by atoms with Crippen molar-refractivity contribution in [1.82, 2.24) is 0 Å². The van der Waals surface area contributed by atoms with Crippen molar-refractivity contribution in [2.45, 2.75) is 31.6 Å². The van der Waals surface area contributed by atoms with Crippen LogP contribution in [0.2, 0.25) is 5.02 Å². The van der Waals surface area contributed by atoms with Gasteiger partial charge in [0.05, 0.1) is 18.1 Å². The Morgan fingerprint density at radius 3 is 2.67 bits per heavy atom. The van der Waals surface area contributed by atoms with Crippen molar-refractivity contribution in [1.29, 1.82) is 0 Å². The van der Waals surface area contributed by atoms with Crippen LogP contribution in [0.1, 0.15) is 37.2 Å². The molecule has 0 aliphatic heterocycles. The Hall–Kier alpha value is -0.540. The summed E-state index contributed by atoms with van der Waals surface area (Å²) in [5.74, 6) is 0.0538. The van der Waals surface area contributed by atoms with Gasteiger partial charge in [-0.05, 0) is 52.4 Å². The number of methoxy groups -OCH3 is 1. The van der Waals surface area contributed by atoms with Crippen LogP contribution < -0.4 is 0 Å². The van der Waals surface area contributed by atoms with Gasteiger partial charge >= 0.3 is 5.97 Å². The van der Waals surface area contributed by atoms with E-state index >= 15 is 0 Å². The second-order valence-corrected chi connectivity index (χ2v) is 5.98. The van der Waals surface area contributed by atoms with Gasteiger partial charge in [0.2, 0.25) is 0 Å². The third-order valence-corrected chi connectivity index (χ3v) is 4.86. The minimum Gasteiger partial charge on any atom is -0.469 e. The lowest BCUT2D eigenvalue weighted by atomic mass is 9.85. The van der Waals surface area contributed by atoms with E-state index in [1.165, 1.54) is 20.0 Å². The van der Waals surface area contributed by atoms with Gasteiger partial charge in [0, 0.05) is 4.47 Å². The van der Waals surface area contributed by atoms with Crippen LogP contribution in [0.3, 0.4) is 0 Å². The van der Waals surface area contributed by atoms with Crippen molar-refractivity contribution in [3.8, 4) is 0 Å². The summed E-state index contributed by atoms with van der Waals surface area (Å²) in [7, 11) is 1.45. The van der Waals surface area contributed by atoms with Crippen molar-refractivity contribution in [3.05, 3.63) is 33.3 Å². The molecule has 18 heavy (non-hydrogen) atoms. The maximum absolute atomic E-state index is 12.0. The number of carbonyl (C=O) groups is 1. The number of carbonyl (C=O) groups excluding carboxylic acids is 1. The molecule has 2 rings (SSSR count). The standard InChI is InChI=1S/C14H16BrClO2/c1-18-14(17)13(9-4-2-3-5-9)10-6-7-11(15)12(16)8-10/h6-9,13H,2-5H2,1H3. The number of esters is 1. The summed E-state index contributed by atoms with van der Waals surface area (Å²) in [6, 6.07) is 5.71. The third kappa shape index (κ3) is 2.89. The Morgan fingerprint density at radius 1 is 1.44 bits per heavy atom. The Morgan fingerprint density at radius 2 is 2.11 bits per heavy atom. The first kappa shape index (κ1) is 13.9. The highest BCUT2D eigenvalue weighted by Gasteiger charge is 2.32. The molecule has 0 N–H and O–H groups in total. The monoisotopic (exact) mass is 330 g/mol. The number of benzene rings is 1. The molecule has 1 aliphatic rings. The molecule has 1 aromatic carbocycles. The van der Waals surface area contributed by atoms with Crippen LogP contribution in [0.4, 0.5) is 0 Å². The lowest BCUT2D eigenvalue weighted by molar-refractivity contribution is -0.143. The zero-order valence-corrected chi connectivity index (χ0v) is 12.6. The minimum atomic E-state index is -0.178. The summed E-state index contributed by atoms with van der Waals surface area (Å²) in [4.78, 5) is 12.0. The molecule has 1 unspecified atom stereocenters. The first-order valence-electron chi connectivity index (χ1n) is 6.16. The normalized spacial score (nSPS) is 17.7. The average Bonchev–Trinajstić information content (AvgIpc) is 2.87. The van der Waals surface area contributed by atoms with Crippen molar-refractivity contribution >= 4 is 33.5 Å². The molecule has 0 aromatic heterocycles. The van der Waals surface area contributed by atoms with Gasteiger partial charge in [0.25, 0.3) is 0 Å². The predicted molar refractivity (Wildman–Crippen MR) is 75.9 cm³/mol. The average molecular weight is 332 g/mol. The fourth-order valence-electron chi connectivity index (χ4n) is 2.72. The lowest BCUT2D eigenvalue weighted by Gasteiger charge is -2.21. The van der Waals surface area contributed by atoms with Crippen LogP contribution in [-0.4, -0.2) is 13.1 Å². The predicted octanol–water partition coefficient (Wildman–Crippen LogP) is 4.55. The molecular formula is C14H16BrClO2. The van der Waals surface area contributed by atoms with E-state index in [2.05, 4.69) is 15.9 Å². The summed E-state index contributed by atoms with van der Waals surface area (Å²) in [5, 5.41) is 0.638. The summed E-state index contributed by atoms with van der Waals surface area (Å²) < 4.78 is 5.81. The zero-order valence-electron chi connectivity index (χ0n) is 10.3. The van der Waals surface area contributed by atoms with E-state index in [0.717, 1.165) is 22.9 Å². The maximum atomic E-state index is 12.0. The molecule has 0 amide bonds. The SMILES string of the molecule is COC(=O)C(c1ccc(Br)c(Cl)c1)C1CCCC1. The smallest absolute Gasteiger partial charge is 0.313 e. The van der Waals surface area contributed by atoms with Gasteiger partial charge in [-0.3, -0.25) is 4.79 Å². The summed E-state index contributed by atoms with van der Waals surface area (Å²) in [6.07, 6.45) is 4.58. The fourth-order valence-corrected chi connectivity index (χ4v) is 3.16. The van der Waals surface area contributed by atoms with E-state index in [0.29, 0.717) is 10.9 Å². The topological polar surface area (TPSA) is 26.3 Å². The van der Waals surface area contributed by atoms with Gasteiger partial charge in [0.1, 0.15) is 0 Å². The Kier molecular flexibility index (Phi) is 4.68. The maximum Gasteiger partial charge on any atom is 0.313 e. The van der Waals surface area contributed by atoms with Crippen LogP contribution in [-0.2, 0) is 9.53 Å². The number of hydrogen-bond donors (Lipinski definition) is 0. The van der Waals surface area contributed by atoms with Gasteiger partial charge in [-0.2, -0.15) is 0 Å².